The summed E-state index contributed by atoms with van der Waals surface area (Å²) in [7, 11) is 0. The van der Waals surface area contributed by atoms with Crippen molar-refractivity contribution in [1.82, 2.24) is 9.97 Å². The fourth-order valence-electron chi connectivity index (χ4n) is 3.52. The standard InChI is InChI=1S/C22H17Cl2F2IN4O3/c23-19-17(8-13(25)10-28-19)18-7-12(9-29-20(18)31-6-5-15(32)11-31)21(33)30-14-1-3-16(4-2-14)34-22(24,26)27/h1-4,7-10,15,32H,5-6,11H2,(H,30,33)/t15-,22?/m1/s1. The van der Waals surface area contributed by atoms with Crippen molar-refractivity contribution in [1.29, 1.82) is 0 Å². The van der Waals surface area contributed by atoms with E-state index in [9.17, 15) is 18.7 Å². The molecule has 1 aromatic carbocycles. The summed E-state index contributed by atoms with van der Waals surface area (Å²) in [5.41, 5.74) is 1.29. The molecule has 1 unspecified atom stereocenters. The van der Waals surface area contributed by atoms with Crippen molar-refractivity contribution >= 4 is 63.2 Å². The van der Waals surface area contributed by atoms with Crippen LogP contribution in [0.15, 0.2) is 48.8 Å². The molecule has 2 aromatic heterocycles. The molecule has 1 fully saturated rings. The number of alkyl halides is 3. The van der Waals surface area contributed by atoms with Gasteiger partial charge in [0.1, 0.15) is 22.5 Å². The van der Waals surface area contributed by atoms with E-state index in [1.54, 1.807) is 6.07 Å². The Morgan fingerprint density at radius 3 is 2.62 bits per heavy atom. The number of aliphatic hydroxyl groups excluding tert-OH is 1. The van der Waals surface area contributed by atoms with Crippen LogP contribution in [0.2, 0.25) is 5.15 Å². The number of pyridine rings is 2. The average molecular weight is 621 g/mol. The van der Waals surface area contributed by atoms with Crippen LogP contribution in [0, 0.1) is 5.82 Å². The van der Waals surface area contributed by atoms with Gasteiger partial charge in [-0.2, -0.15) is 4.39 Å². The highest BCUT2D eigenvalue weighted by molar-refractivity contribution is 14.1. The summed E-state index contributed by atoms with van der Waals surface area (Å²) in [6.45, 7) is 0.890. The third-order valence-corrected chi connectivity index (χ3v) is 5.63. The number of carbonyl (C=O) groups is 1. The molecule has 2 atom stereocenters. The minimum atomic E-state index is -2.38. The second kappa shape index (κ2) is 10.1. The molecule has 1 saturated heterocycles. The van der Waals surface area contributed by atoms with Gasteiger partial charge >= 0.3 is 3.32 Å². The fraction of sp³-hybridized carbons (Fsp3) is 0.227. The third-order valence-electron chi connectivity index (χ3n) is 5.03. The van der Waals surface area contributed by atoms with E-state index >= 15 is 0 Å². The van der Waals surface area contributed by atoms with E-state index in [4.69, 9.17) is 27.9 Å². The Balaban J connectivity index is 1.63. The number of hydrogen-bond acceptors (Lipinski definition) is 6. The monoisotopic (exact) mass is 620 g/mol. The molecule has 0 aliphatic carbocycles. The average Bonchev–Trinajstić information content (AvgIpc) is 3.21. The lowest BCUT2D eigenvalue weighted by molar-refractivity contribution is 0.102. The number of anilines is 2. The van der Waals surface area contributed by atoms with E-state index < -0.39 is 21.1 Å². The minimum absolute atomic E-state index is 0.0517. The van der Waals surface area contributed by atoms with Crippen molar-refractivity contribution in [3.63, 3.8) is 0 Å². The van der Waals surface area contributed by atoms with Gasteiger partial charge in [0.25, 0.3) is 5.91 Å². The van der Waals surface area contributed by atoms with Crippen LogP contribution < -0.4 is 15.0 Å². The zero-order valence-electron chi connectivity index (χ0n) is 17.3. The maximum absolute atomic E-state index is 14.0. The summed E-state index contributed by atoms with van der Waals surface area (Å²) in [5, 5.41) is 12.7. The molecule has 1 amide bonds. The normalized spacial score (nSPS) is 17.4. The van der Waals surface area contributed by atoms with Gasteiger partial charge in [-0.05, 0) is 54.4 Å². The molecule has 4 rings (SSSR count). The van der Waals surface area contributed by atoms with Gasteiger partial charge in [-0.1, -0.05) is 11.6 Å². The van der Waals surface area contributed by atoms with Gasteiger partial charge in [0.05, 0.1) is 17.9 Å². The highest BCUT2D eigenvalue weighted by Crippen LogP contribution is 2.36. The Morgan fingerprint density at radius 1 is 1.24 bits per heavy atom. The number of nitrogens with zero attached hydrogens (tertiary/aromatic N) is 3. The van der Waals surface area contributed by atoms with Gasteiger partial charge in [0.15, 0.2) is 0 Å². The summed E-state index contributed by atoms with van der Waals surface area (Å²) in [6, 6.07) is 8.71. The number of aromatic nitrogens is 2. The number of β-amino-alcohol motifs (C(OH)–C–C–N with tert-alkyl or cyclic N) is 1. The lowest BCUT2D eigenvalue weighted by Crippen LogP contribution is -2.23. The lowest BCUT2D eigenvalue weighted by atomic mass is 10.1. The SMILES string of the molecule is O=C(Nc1ccc(OC(F)(Cl)I)cc1)c1cnc(N2CC[C@@H](O)C2)c(-c2cc(F)cnc2Cl)c1. The second-order valence-corrected chi connectivity index (χ2v) is 10.4. The zero-order valence-corrected chi connectivity index (χ0v) is 21.0. The Kier molecular flexibility index (Phi) is 7.41. The molecule has 1 aliphatic rings. The largest absolute Gasteiger partial charge is 0.438 e. The number of aliphatic hydroxyl groups is 1. The van der Waals surface area contributed by atoms with Crippen molar-refractivity contribution in [2.45, 2.75) is 15.8 Å². The smallest absolute Gasteiger partial charge is 0.379 e. The Morgan fingerprint density at radius 2 is 1.97 bits per heavy atom. The number of nitrogens with one attached hydrogen (secondary N) is 1. The van der Waals surface area contributed by atoms with Crippen LogP contribution in [0.4, 0.5) is 20.3 Å². The van der Waals surface area contributed by atoms with Crippen LogP contribution in [0.3, 0.4) is 0 Å². The number of halogens is 5. The van der Waals surface area contributed by atoms with Gasteiger partial charge in [0, 0.05) is 58.7 Å². The van der Waals surface area contributed by atoms with Crippen LogP contribution in [0.25, 0.3) is 11.1 Å². The molecular weight excluding hydrogens is 604 g/mol. The first kappa shape index (κ1) is 24.8. The van der Waals surface area contributed by atoms with Crippen molar-refractivity contribution in [3.8, 4) is 16.9 Å². The number of carbonyl (C=O) groups excluding carboxylic acids is 1. The molecule has 178 valence electrons. The van der Waals surface area contributed by atoms with Crippen LogP contribution in [0.1, 0.15) is 16.8 Å². The molecule has 0 saturated carbocycles. The number of hydrogen-bond donors (Lipinski definition) is 2. The van der Waals surface area contributed by atoms with Gasteiger partial charge in [-0.15, -0.1) is 0 Å². The molecule has 0 radical (unpaired) electrons. The summed E-state index contributed by atoms with van der Waals surface area (Å²) in [5.74, 6) is -0.440. The molecule has 0 spiro atoms. The highest BCUT2D eigenvalue weighted by Gasteiger charge is 2.26. The van der Waals surface area contributed by atoms with Crippen molar-refractivity contribution in [3.05, 3.63) is 65.3 Å². The molecule has 0 bridgehead atoms. The van der Waals surface area contributed by atoms with E-state index in [2.05, 4.69) is 15.3 Å². The lowest BCUT2D eigenvalue weighted by Gasteiger charge is -2.21. The summed E-state index contributed by atoms with van der Waals surface area (Å²) >= 11 is 12.9. The van der Waals surface area contributed by atoms with Gasteiger partial charge < -0.3 is 20.1 Å². The maximum Gasteiger partial charge on any atom is 0.379 e. The van der Waals surface area contributed by atoms with Crippen molar-refractivity contribution in [2.75, 3.05) is 23.3 Å². The molecule has 3 aromatic rings. The fourth-order valence-corrected chi connectivity index (χ4v) is 4.07. The van der Waals surface area contributed by atoms with Crippen LogP contribution in [0.5, 0.6) is 5.75 Å². The van der Waals surface area contributed by atoms with E-state index in [-0.39, 0.29) is 22.0 Å². The number of ether oxygens (including phenoxy) is 1. The Labute approximate surface area is 217 Å². The number of rotatable bonds is 6. The highest BCUT2D eigenvalue weighted by atomic mass is 127. The van der Waals surface area contributed by atoms with E-state index in [1.807, 2.05) is 4.90 Å². The van der Waals surface area contributed by atoms with Crippen LogP contribution >= 0.6 is 45.8 Å². The van der Waals surface area contributed by atoms with Crippen LogP contribution in [-0.2, 0) is 0 Å². The summed E-state index contributed by atoms with van der Waals surface area (Å²) in [4.78, 5) is 23.0. The van der Waals surface area contributed by atoms with Gasteiger partial charge in [0.2, 0.25) is 0 Å². The first-order valence-corrected chi connectivity index (χ1v) is 11.8. The minimum Gasteiger partial charge on any atom is -0.438 e. The Bertz CT molecular complexity index is 1210. The van der Waals surface area contributed by atoms with Gasteiger partial charge in [-0.25, -0.2) is 14.4 Å². The molecule has 2 N–H and O–H groups in total. The number of benzene rings is 1. The van der Waals surface area contributed by atoms with Crippen molar-refractivity contribution in [2.24, 2.45) is 0 Å². The predicted molar refractivity (Wildman–Crippen MR) is 134 cm³/mol. The zero-order chi connectivity index (χ0) is 24.5. The molecule has 3 heterocycles. The molecule has 7 nitrogen and oxygen atoms in total. The van der Waals surface area contributed by atoms with Gasteiger partial charge in [-0.3, -0.25) is 4.79 Å². The molecule has 34 heavy (non-hydrogen) atoms. The van der Waals surface area contributed by atoms with E-state index in [0.717, 1.165) is 6.20 Å². The summed E-state index contributed by atoms with van der Waals surface area (Å²) in [6.07, 6.45) is 2.43. The third kappa shape index (κ3) is 6.04. The molecular formula is C22H17Cl2F2IN4O3. The van der Waals surface area contributed by atoms with Crippen LogP contribution in [-0.4, -0.2) is 43.5 Å². The quantitative estimate of drug-likeness (QED) is 0.218. The molecule has 12 heteroatoms. The first-order valence-electron chi connectivity index (χ1n) is 10.0. The van der Waals surface area contributed by atoms with E-state index in [0.29, 0.717) is 36.6 Å². The maximum atomic E-state index is 14.0. The number of amides is 1. The second-order valence-electron chi connectivity index (χ2n) is 7.50. The molecule has 1 aliphatic heterocycles. The van der Waals surface area contributed by atoms with Crippen molar-refractivity contribution < 1.29 is 23.4 Å². The Hall–Kier alpha value is -2.28. The predicted octanol–water partition coefficient (Wildman–Crippen LogP) is 5.39. The van der Waals surface area contributed by atoms with E-state index in [1.165, 1.54) is 59.1 Å². The topological polar surface area (TPSA) is 87.6 Å². The summed E-state index contributed by atoms with van der Waals surface area (Å²) < 4.78 is 29.9. The first-order chi connectivity index (χ1) is 16.1.